The lowest BCUT2D eigenvalue weighted by molar-refractivity contribution is -0.118. The summed E-state index contributed by atoms with van der Waals surface area (Å²) in [5.41, 5.74) is 2.60. The van der Waals surface area contributed by atoms with Gasteiger partial charge in [0.05, 0.1) is 12.8 Å². The van der Waals surface area contributed by atoms with Crippen LogP contribution in [0.1, 0.15) is 12.5 Å². The van der Waals surface area contributed by atoms with Gasteiger partial charge in [-0.3, -0.25) is 4.79 Å². The molecule has 0 aliphatic rings. The monoisotopic (exact) mass is 409 g/mol. The largest absolute Gasteiger partial charge is 0.495 e. The van der Waals surface area contributed by atoms with E-state index in [2.05, 4.69) is 27.5 Å². The lowest BCUT2D eigenvalue weighted by Crippen LogP contribution is -2.20. The minimum absolute atomic E-state index is 0.102. The standard InChI is InChI=1S/C20H19N5O3S/c1-3-13-4-7-15(8-5-13)28-11-18(26)22-16-10-14(6-9-17(16)27-2)19-24-25-12-21-23-20(25)29-19/h4-10,12H,3,11H2,1-2H3,(H,22,26). The van der Waals surface area contributed by atoms with Gasteiger partial charge in [-0.05, 0) is 42.3 Å². The Labute approximate surface area is 171 Å². The zero-order valence-electron chi connectivity index (χ0n) is 16.0. The summed E-state index contributed by atoms with van der Waals surface area (Å²) >= 11 is 1.41. The minimum Gasteiger partial charge on any atom is -0.495 e. The van der Waals surface area contributed by atoms with Crippen LogP contribution < -0.4 is 14.8 Å². The van der Waals surface area contributed by atoms with Gasteiger partial charge in [0.25, 0.3) is 5.91 Å². The van der Waals surface area contributed by atoms with E-state index in [1.54, 1.807) is 24.0 Å². The molecule has 0 unspecified atom stereocenters. The average molecular weight is 409 g/mol. The summed E-state index contributed by atoms with van der Waals surface area (Å²) in [4.78, 5) is 13.1. The summed E-state index contributed by atoms with van der Waals surface area (Å²) in [6, 6.07) is 13.2. The van der Waals surface area contributed by atoms with Crippen molar-refractivity contribution in [3.8, 4) is 22.1 Å². The van der Waals surface area contributed by atoms with Crippen molar-refractivity contribution in [2.75, 3.05) is 19.0 Å². The predicted octanol–water partition coefficient (Wildman–Crippen LogP) is 3.44. The average Bonchev–Trinajstić information content (AvgIpc) is 3.35. The van der Waals surface area contributed by atoms with Crippen LogP contribution in [0, 0.1) is 0 Å². The van der Waals surface area contributed by atoms with Crippen molar-refractivity contribution in [1.29, 1.82) is 0 Å². The second-order valence-electron chi connectivity index (χ2n) is 6.21. The molecule has 0 atom stereocenters. The van der Waals surface area contributed by atoms with Crippen LogP contribution in [-0.4, -0.2) is 39.4 Å². The number of hydrogen-bond donors (Lipinski definition) is 1. The van der Waals surface area contributed by atoms with E-state index in [-0.39, 0.29) is 12.5 Å². The number of carbonyl (C=O) groups is 1. The number of carbonyl (C=O) groups excluding carboxylic acids is 1. The van der Waals surface area contributed by atoms with Crippen LogP contribution in [0.3, 0.4) is 0 Å². The first-order valence-electron chi connectivity index (χ1n) is 9.03. The van der Waals surface area contributed by atoms with Gasteiger partial charge in [0.1, 0.15) is 22.8 Å². The van der Waals surface area contributed by atoms with Crippen LogP contribution in [0.15, 0.2) is 48.8 Å². The topological polar surface area (TPSA) is 90.6 Å². The number of amides is 1. The van der Waals surface area contributed by atoms with Gasteiger partial charge in [0.2, 0.25) is 4.96 Å². The Kier molecular flexibility index (Phi) is 5.39. The van der Waals surface area contributed by atoms with Crippen molar-refractivity contribution >= 4 is 27.9 Å². The number of nitrogens with one attached hydrogen (secondary N) is 1. The fourth-order valence-corrected chi connectivity index (χ4v) is 3.59. The number of hydrogen-bond acceptors (Lipinski definition) is 7. The third-order valence-electron chi connectivity index (χ3n) is 4.31. The molecular formula is C20H19N5O3S. The number of ether oxygens (including phenoxy) is 2. The maximum atomic E-state index is 12.4. The quantitative estimate of drug-likeness (QED) is 0.503. The van der Waals surface area contributed by atoms with Gasteiger partial charge >= 0.3 is 0 Å². The lowest BCUT2D eigenvalue weighted by Gasteiger charge is -2.12. The van der Waals surface area contributed by atoms with Gasteiger partial charge in [0.15, 0.2) is 6.61 Å². The van der Waals surface area contributed by atoms with E-state index in [1.165, 1.54) is 16.9 Å². The molecule has 2 heterocycles. The maximum absolute atomic E-state index is 12.4. The number of rotatable bonds is 7. The van der Waals surface area contributed by atoms with E-state index in [9.17, 15) is 4.79 Å². The Bertz CT molecular complexity index is 1110. The third kappa shape index (κ3) is 4.19. The van der Waals surface area contributed by atoms with E-state index >= 15 is 0 Å². The van der Waals surface area contributed by atoms with Crippen molar-refractivity contribution in [3.05, 3.63) is 54.4 Å². The molecule has 148 valence electrons. The van der Waals surface area contributed by atoms with Crippen molar-refractivity contribution in [1.82, 2.24) is 19.8 Å². The number of aryl methyl sites for hydroxylation is 1. The molecule has 8 nitrogen and oxygen atoms in total. The van der Waals surface area contributed by atoms with E-state index < -0.39 is 0 Å². The highest BCUT2D eigenvalue weighted by Crippen LogP contribution is 2.32. The van der Waals surface area contributed by atoms with Gasteiger partial charge in [0, 0.05) is 5.56 Å². The first-order valence-corrected chi connectivity index (χ1v) is 9.84. The van der Waals surface area contributed by atoms with Crippen molar-refractivity contribution in [2.45, 2.75) is 13.3 Å². The molecule has 1 amide bonds. The van der Waals surface area contributed by atoms with E-state index in [4.69, 9.17) is 9.47 Å². The lowest BCUT2D eigenvalue weighted by atomic mass is 10.2. The number of fused-ring (bicyclic) bond motifs is 1. The van der Waals surface area contributed by atoms with Gasteiger partial charge < -0.3 is 14.8 Å². The molecule has 0 bridgehead atoms. The highest BCUT2D eigenvalue weighted by atomic mass is 32.1. The molecule has 1 N–H and O–H groups in total. The smallest absolute Gasteiger partial charge is 0.262 e. The fraction of sp³-hybridized carbons (Fsp3) is 0.200. The number of aromatic nitrogens is 4. The highest BCUT2D eigenvalue weighted by Gasteiger charge is 2.13. The fourth-order valence-electron chi connectivity index (χ4n) is 2.77. The summed E-state index contributed by atoms with van der Waals surface area (Å²) in [7, 11) is 1.56. The van der Waals surface area contributed by atoms with Gasteiger partial charge in [-0.1, -0.05) is 30.4 Å². The van der Waals surface area contributed by atoms with Crippen molar-refractivity contribution in [2.24, 2.45) is 0 Å². The molecule has 0 spiro atoms. The molecule has 0 fully saturated rings. The molecule has 0 radical (unpaired) electrons. The number of methoxy groups -OCH3 is 1. The molecule has 2 aromatic carbocycles. The Hall–Kier alpha value is -3.46. The van der Waals surface area contributed by atoms with Crippen molar-refractivity contribution in [3.63, 3.8) is 0 Å². The summed E-state index contributed by atoms with van der Waals surface area (Å²) in [6.45, 7) is 1.99. The molecule has 29 heavy (non-hydrogen) atoms. The van der Waals surface area contributed by atoms with Crippen molar-refractivity contribution < 1.29 is 14.3 Å². The summed E-state index contributed by atoms with van der Waals surface area (Å²) in [5, 5.41) is 15.8. The molecular weight excluding hydrogens is 390 g/mol. The van der Waals surface area contributed by atoms with E-state index in [0.717, 1.165) is 17.0 Å². The molecule has 0 aliphatic heterocycles. The molecule has 9 heteroatoms. The summed E-state index contributed by atoms with van der Waals surface area (Å²) < 4.78 is 12.6. The Morgan fingerprint density at radius 1 is 1.21 bits per heavy atom. The molecule has 0 saturated heterocycles. The Balaban J connectivity index is 1.47. The molecule has 2 aromatic heterocycles. The van der Waals surface area contributed by atoms with Gasteiger partial charge in [-0.15, -0.1) is 10.2 Å². The van der Waals surface area contributed by atoms with Crippen LogP contribution in [0.25, 0.3) is 15.5 Å². The minimum atomic E-state index is -0.279. The second kappa shape index (κ2) is 8.27. The molecule has 0 saturated carbocycles. The van der Waals surface area contributed by atoms with E-state index in [0.29, 0.717) is 22.1 Å². The maximum Gasteiger partial charge on any atom is 0.262 e. The van der Waals surface area contributed by atoms with E-state index in [1.807, 2.05) is 36.4 Å². The van der Waals surface area contributed by atoms with Gasteiger partial charge in [-0.25, -0.2) is 0 Å². The predicted molar refractivity (Wildman–Crippen MR) is 111 cm³/mol. The Morgan fingerprint density at radius 2 is 2.03 bits per heavy atom. The normalized spacial score (nSPS) is 10.8. The van der Waals surface area contributed by atoms with Gasteiger partial charge in [-0.2, -0.15) is 9.61 Å². The molecule has 0 aliphatic carbocycles. The third-order valence-corrected chi connectivity index (χ3v) is 5.27. The Morgan fingerprint density at radius 3 is 2.76 bits per heavy atom. The number of nitrogens with zero attached hydrogens (tertiary/aromatic N) is 4. The zero-order valence-corrected chi connectivity index (χ0v) is 16.8. The first kappa shape index (κ1) is 18.9. The number of anilines is 1. The SMILES string of the molecule is CCc1ccc(OCC(=O)Nc2cc(-c3nn4cnnc4s3)ccc2OC)cc1. The number of benzene rings is 2. The zero-order chi connectivity index (χ0) is 20.2. The highest BCUT2D eigenvalue weighted by molar-refractivity contribution is 7.19. The van der Waals surface area contributed by atoms with Crippen LogP contribution in [0.5, 0.6) is 11.5 Å². The molecule has 4 aromatic rings. The van der Waals surface area contributed by atoms with Crippen LogP contribution >= 0.6 is 11.3 Å². The summed E-state index contributed by atoms with van der Waals surface area (Å²) in [5.74, 6) is 0.924. The summed E-state index contributed by atoms with van der Waals surface area (Å²) in [6.07, 6.45) is 2.50. The first-order chi connectivity index (χ1) is 14.2. The van der Waals surface area contributed by atoms with Crippen LogP contribution in [-0.2, 0) is 11.2 Å². The van der Waals surface area contributed by atoms with Crippen LogP contribution in [0.4, 0.5) is 5.69 Å². The van der Waals surface area contributed by atoms with Crippen LogP contribution in [0.2, 0.25) is 0 Å². The molecule has 4 rings (SSSR count). The second-order valence-corrected chi connectivity index (χ2v) is 7.17.